The number of thiophene rings is 1. The number of nitrogens with one attached hydrogen (secondary N) is 1. The molecule has 0 aliphatic heterocycles. The lowest BCUT2D eigenvalue weighted by Crippen LogP contribution is -2.03. The van der Waals surface area contributed by atoms with Gasteiger partial charge in [-0.3, -0.25) is 0 Å². The van der Waals surface area contributed by atoms with Crippen LogP contribution in [0.5, 0.6) is 0 Å². The lowest BCUT2D eigenvalue weighted by molar-refractivity contribution is 0.821. The van der Waals surface area contributed by atoms with Crippen LogP contribution < -0.4 is 5.32 Å². The van der Waals surface area contributed by atoms with Crippen molar-refractivity contribution in [3.8, 4) is 10.4 Å². The molecule has 2 heteroatoms. The van der Waals surface area contributed by atoms with Crippen LogP contribution in [0.25, 0.3) is 21.2 Å². The van der Waals surface area contributed by atoms with Gasteiger partial charge in [0.05, 0.1) is 0 Å². The minimum atomic E-state index is 0.935. The molecule has 0 saturated heterocycles. The zero-order valence-electron chi connectivity index (χ0n) is 10.3. The molecule has 0 aliphatic carbocycles. The second kappa shape index (κ2) is 4.92. The van der Waals surface area contributed by atoms with Gasteiger partial charge in [0.15, 0.2) is 0 Å². The van der Waals surface area contributed by atoms with E-state index in [0.717, 1.165) is 6.54 Å². The quantitative estimate of drug-likeness (QED) is 0.734. The van der Waals surface area contributed by atoms with Crippen molar-refractivity contribution in [2.75, 3.05) is 7.05 Å². The molecule has 1 heterocycles. The first kappa shape index (κ1) is 11.5. The Morgan fingerprint density at radius 2 is 1.83 bits per heavy atom. The van der Waals surface area contributed by atoms with Crippen LogP contribution in [-0.4, -0.2) is 7.05 Å². The summed E-state index contributed by atoms with van der Waals surface area (Å²) in [6, 6.07) is 17.4. The molecular weight excluding hydrogens is 238 g/mol. The van der Waals surface area contributed by atoms with Gasteiger partial charge in [0.25, 0.3) is 0 Å². The Kier molecular flexibility index (Phi) is 3.13. The van der Waals surface area contributed by atoms with Crippen molar-refractivity contribution in [3.63, 3.8) is 0 Å². The Bertz CT molecular complexity index is 669. The molecular formula is C16H15NS. The molecule has 0 radical (unpaired) electrons. The lowest BCUT2D eigenvalue weighted by Gasteiger charge is -2.01. The standard InChI is InChI=1S/C16H15NS/c1-17-10-12-8-16(18-11-12)15-7-6-13-4-2-3-5-14(13)9-15/h2-9,11,17H,10H2,1H3. The van der Waals surface area contributed by atoms with Crippen LogP contribution in [0.1, 0.15) is 5.56 Å². The average Bonchev–Trinajstić information content (AvgIpc) is 2.87. The molecule has 0 spiro atoms. The third-order valence-electron chi connectivity index (χ3n) is 3.07. The van der Waals surface area contributed by atoms with Crippen LogP contribution in [0, 0.1) is 0 Å². The SMILES string of the molecule is CNCc1csc(-c2ccc3ccccc3c2)c1. The van der Waals surface area contributed by atoms with Crippen molar-refractivity contribution in [3.05, 3.63) is 59.5 Å². The van der Waals surface area contributed by atoms with Crippen LogP contribution in [0.3, 0.4) is 0 Å². The van der Waals surface area contributed by atoms with Gasteiger partial charge in [-0.15, -0.1) is 11.3 Å². The molecule has 0 bridgehead atoms. The molecule has 0 amide bonds. The van der Waals surface area contributed by atoms with Gasteiger partial charge >= 0.3 is 0 Å². The number of benzene rings is 2. The first-order valence-corrected chi connectivity index (χ1v) is 6.96. The summed E-state index contributed by atoms with van der Waals surface area (Å²) in [4.78, 5) is 1.34. The number of hydrogen-bond acceptors (Lipinski definition) is 2. The highest BCUT2D eigenvalue weighted by Crippen LogP contribution is 2.29. The molecule has 90 valence electrons. The molecule has 1 aromatic heterocycles. The van der Waals surface area contributed by atoms with Gasteiger partial charge in [0.2, 0.25) is 0 Å². The van der Waals surface area contributed by atoms with Crippen molar-refractivity contribution in [1.82, 2.24) is 5.32 Å². The van der Waals surface area contributed by atoms with Gasteiger partial charge in [0, 0.05) is 11.4 Å². The fraction of sp³-hybridized carbons (Fsp3) is 0.125. The minimum Gasteiger partial charge on any atom is -0.316 e. The summed E-state index contributed by atoms with van der Waals surface area (Å²) in [5.74, 6) is 0. The fourth-order valence-electron chi connectivity index (χ4n) is 2.17. The second-order valence-corrected chi connectivity index (χ2v) is 5.32. The zero-order chi connectivity index (χ0) is 12.4. The van der Waals surface area contributed by atoms with E-state index in [1.165, 1.54) is 26.8 Å². The fourth-order valence-corrected chi connectivity index (χ4v) is 3.08. The molecule has 0 saturated carbocycles. The Morgan fingerprint density at radius 1 is 1.00 bits per heavy atom. The molecule has 18 heavy (non-hydrogen) atoms. The van der Waals surface area contributed by atoms with Crippen molar-refractivity contribution in [2.45, 2.75) is 6.54 Å². The average molecular weight is 253 g/mol. The predicted octanol–water partition coefficient (Wildman–Crippen LogP) is 4.29. The summed E-state index contributed by atoms with van der Waals surface area (Å²) in [5.41, 5.74) is 2.66. The highest BCUT2D eigenvalue weighted by atomic mass is 32.1. The summed E-state index contributed by atoms with van der Waals surface area (Å²) in [7, 11) is 1.98. The first-order valence-electron chi connectivity index (χ1n) is 6.08. The van der Waals surface area contributed by atoms with E-state index in [4.69, 9.17) is 0 Å². The Hall–Kier alpha value is -1.64. The third-order valence-corrected chi connectivity index (χ3v) is 4.10. The molecule has 1 nitrogen and oxygen atoms in total. The molecule has 3 rings (SSSR count). The molecule has 1 N–H and O–H groups in total. The van der Waals surface area contributed by atoms with Gasteiger partial charge in [-0.05, 0) is 46.5 Å². The lowest BCUT2D eigenvalue weighted by atomic mass is 10.1. The summed E-state index contributed by atoms with van der Waals surface area (Å²) >= 11 is 1.81. The van der Waals surface area contributed by atoms with Crippen molar-refractivity contribution in [2.24, 2.45) is 0 Å². The summed E-state index contributed by atoms with van der Waals surface area (Å²) < 4.78 is 0. The largest absolute Gasteiger partial charge is 0.316 e. The van der Waals surface area contributed by atoms with E-state index in [2.05, 4.69) is 59.2 Å². The first-order chi connectivity index (χ1) is 8.86. The highest BCUT2D eigenvalue weighted by molar-refractivity contribution is 7.13. The number of fused-ring (bicyclic) bond motifs is 1. The summed E-state index contributed by atoms with van der Waals surface area (Å²) in [6.07, 6.45) is 0. The van der Waals surface area contributed by atoms with Crippen LogP contribution in [0.2, 0.25) is 0 Å². The van der Waals surface area contributed by atoms with Gasteiger partial charge in [0.1, 0.15) is 0 Å². The van der Waals surface area contributed by atoms with E-state index in [9.17, 15) is 0 Å². The zero-order valence-corrected chi connectivity index (χ0v) is 11.1. The Balaban J connectivity index is 2.02. The minimum absolute atomic E-state index is 0.935. The number of rotatable bonds is 3. The van der Waals surface area contributed by atoms with Crippen molar-refractivity contribution >= 4 is 22.1 Å². The molecule has 0 aliphatic rings. The van der Waals surface area contributed by atoms with E-state index < -0.39 is 0 Å². The van der Waals surface area contributed by atoms with Crippen LogP contribution in [0.4, 0.5) is 0 Å². The van der Waals surface area contributed by atoms with E-state index in [1.54, 1.807) is 0 Å². The number of hydrogen-bond donors (Lipinski definition) is 1. The normalized spacial score (nSPS) is 10.9. The van der Waals surface area contributed by atoms with E-state index in [1.807, 2.05) is 18.4 Å². The van der Waals surface area contributed by atoms with Crippen molar-refractivity contribution in [1.29, 1.82) is 0 Å². The van der Waals surface area contributed by atoms with E-state index in [-0.39, 0.29) is 0 Å². The molecule has 2 aromatic carbocycles. The maximum Gasteiger partial charge on any atom is 0.0346 e. The molecule has 3 aromatic rings. The van der Waals surface area contributed by atoms with Crippen LogP contribution in [0.15, 0.2) is 53.9 Å². The predicted molar refractivity (Wildman–Crippen MR) is 80.0 cm³/mol. The summed E-state index contributed by atoms with van der Waals surface area (Å²) in [5, 5.41) is 8.01. The third kappa shape index (κ3) is 2.17. The maximum absolute atomic E-state index is 3.19. The summed E-state index contributed by atoms with van der Waals surface area (Å²) in [6.45, 7) is 0.935. The maximum atomic E-state index is 3.19. The highest BCUT2D eigenvalue weighted by Gasteiger charge is 2.03. The molecule has 0 unspecified atom stereocenters. The van der Waals surface area contributed by atoms with E-state index in [0.29, 0.717) is 0 Å². The second-order valence-electron chi connectivity index (χ2n) is 4.41. The van der Waals surface area contributed by atoms with Gasteiger partial charge in [-0.1, -0.05) is 36.4 Å². The van der Waals surface area contributed by atoms with Gasteiger partial charge < -0.3 is 5.32 Å². The smallest absolute Gasteiger partial charge is 0.0346 e. The molecule has 0 fully saturated rings. The van der Waals surface area contributed by atoms with Gasteiger partial charge in [-0.25, -0.2) is 0 Å². The van der Waals surface area contributed by atoms with Crippen LogP contribution in [-0.2, 0) is 6.54 Å². The van der Waals surface area contributed by atoms with Crippen LogP contribution >= 0.6 is 11.3 Å². The van der Waals surface area contributed by atoms with Gasteiger partial charge in [-0.2, -0.15) is 0 Å². The Labute approximate surface area is 111 Å². The molecule has 0 atom stereocenters. The topological polar surface area (TPSA) is 12.0 Å². The Morgan fingerprint density at radius 3 is 2.67 bits per heavy atom. The van der Waals surface area contributed by atoms with Crippen molar-refractivity contribution < 1.29 is 0 Å². The monoisotopic (exact) mass is 253 g/mol. The van der Waals surface area contributed by atoms with E-state index >= 15 is 0 Å².